The Bertz CT molecular complexity index is 915. The van der Waals surface area contributed by atoms with Crippen LogP contribution in [0.15, 0.2) is 58.6 Å². The smallest absolute Gasteiger partial charge is 0.387 e. The summed E-state index contributed by atoms with van der Waals surface area (Å²) in [6.07, 6.45) is 2.36. The van der Waals surface area contributed by atoms with E-state index in [2.05, 4.69) is 15.2 Å². The molecule has 1 amide bonds. The van der Waals surface area contributed by atoms with Gasteiger partial charge in [-0.2, -0.15) is 8.78 Å². The van der Waals surface area contributed by atoms with E-state index in [9.17, 15) is 22.0 Å². The summed E-state index contributed by atoms with van der Waals surface area (Å²) in [7, 11) is -3.38. The van der Waals surface area contributed by atoms with E-state index < -0.39 is 29.0 Å². The van der Waals surface area contributed by atoms with Crippen LogP contribution in [0.1, 0.15) is 5.56 Å². The number of hydrogen-bond acceptors (Lipinski definition) is 6. The van der Waals surface area contributed by atoms with Gasteiger partial charge in [-0.25, -0.2) is 8.42 Å². The summed E-state index contributed by atoms with van der Waals surface area (Å²) >= 11 is 0. The molecule has 0 bridgehead atoms. The van der Waals surface area contributed by atoms with Crippen molar-refractivity contribution in [3.8, 4) is 5.75 Å². The van der Waals surface area contributed by atoms with Gasteiger partial charge in [-0.1, -0.05) is 11.2 Å². The van der Waals surface area contributed by atoms with Gasteiger partial charge in [-0.3, -0.25) is 4.79 Å². The number of ether oxygens (including phenoxy) is 1. The number of rotatable bonds is 8. The maximum absolute atomic E-state index is 12.0. The van der Waals surface area contributed by atoms with Crippen LogP contribution in [0, 0.1) is 0 Å². The number of oxime groups is 1. The molecule has 27 heavy (non-hydrogen) atoms. The van der Waals surface area contributed by atoms with E-state index >= 15 is 0 Å². The maximum atomic E-state index is 12.0. The Labute approximate surface area is 154 Å². The monoisotopic (exact) mass is 398 g/mol. The van der Waals surface area contributed by atoms with Crippen LogP contribution in [0.4, 0.5) is 14.5 Å². The number of nitrogens with one attached hydrogen (secondary N) is 1. The van der Waals surface area contributed by atoms with Crippen LogP contribution < -0.4 is 10.1 Å². The van der Waals surface area contributed by atoms with Gasteiger partial charge in [0, 0.05) is 11.9 Å². The molecule has 0 aromatic heterocycles. The standard InChI is InChI=1S/C17H16F2N2O5S/c1-27(23,24)15-4-2-3-13(9-15)21-16(22)11-25-20-10-12-5-7-14(8-6-12)26-17(18)19/h2-10,17H,11H2,1H3,(H,21,22)/b20-10-. The van der Waals surface area contributed by atoms with Crippen LogP contribution >= 0.6 is 0 Å². The maximum Gasteiger partial charge on any atom is 0.387 e. The first-order valence-corrected chi connectivity index (χ1v) is 9.43. The lowest BCUT2D eigenvalue weighted by Gasteiger charge is -2.06. The van der Waals surface area contributed by atoms with Gasteiger partial charge >= 0.3 is 6.61 Å². The van der Waals surface area contributed by atoms with Crippen molar-refractivity contribution in [2.75, 3.05) is 18.2 Å². The number of halogens is 2. The number of alkyl halides is 2. The zero-order valence-corrected chi connectivity index (χ0v) is 14.9. The SMILES string of the molecule is CS(=O)(=O)c1cccc(NC(=O)CO/N=C\c2ccc(OC(F)F)cc2)c1. The van der Waals surface area contributed by atoms with Gasteiger partial charge in [-0.05, 0) is 48.0 Å². The second-order valence-electron chi connectivity index (χ2n) is 5.30. The van der Waals surface area contributed by atoms with Crippen LogP contribution in [0.25, 0.3) is 0 Å². The largest absolute Gasteiger partial charge is 0.435 e. The van der Waals surface area contributed by atoms with E-state index in [1.165, 1.54) is 48.7 Å². The first kappa shape index (κ1) is 20.3. The van der Waals surface area contributed by atoms with Gasteiger partial charge in [0.15, 0.2) is 16.4 Å². The predicted octanol–water partition coefficient (Wildman–Crippen LogP) is 2.68. The number of benzene rings is 2. The minimum absolute atomic E-state index is 0.0128. The van der Waals surface area contributed by atoms with Crippen molar-refractivity contribution in [2.24, 2.45) is 5.16 Å². The fourth-order valence-corrected chi connectivity index (χ4v) is 2.60. The molecule has 0 aliphatic carbocycles. The number of nitrogens with zero attached hydrogens (tertiary/aromatic N) is 1. The summed E-state index contributed by atoms with van der Waals surface area (Å²) in [5, 5.41) is 6.09. The molecule has 0 spiro atoms. The molecule has 7 nitrogen and oxygen atoms in total. The highest BCUT2D eigenvalue weighted by molar-refractivity contribution is 7.90. The Morgan fingerprint density at radius 2 is 1.93 bits per heavy atom. The molecule has 2 aromatic carbocycles. The Balaban J connectivity index is 1.83. The number of carbonyl (C=O) groups excluding carboxylic acids is 1. The molecular weight excluding hydrogens is 382 g/mol. The Kier molecular flexibility index (Phi) is 6.83. The first-order valence-electron chi connectivity index (χ1n) is 7.54. The zero-order valence-electron chi connectivity index (χ0n) is 14.1. The third kappa shape index (κ3) is 7.02. The Hall–Kier alpha value is -3.01. The molecule has 0 saturated heterocycles. The molecule has 0 fully saturated rings. The zero-order chi connectivity index (χ0) is 19.9. The third-order valence-electron chi connectivity index (χ3n) is 3.12. The summed E-state index contributed by atoms with van der Waals surface area (Å²) in [6.45, 7) is -3.30. The molecule has 0 aliphatic heterocycles. The molecule has 1 N–H and O–H groups in total. The highest BCUT2D eigenvalue weighted by Gasteiger charge is 2.09. The molecule has 10 heteroatoms. The quantitative estimate of drug-likeness (QED) is 0.545. The average Bonchev–Trinajstić information content (AvgIpc) is 2.59. The van der Waals surface area contributed by atoms with E-state index in [1.54, 1.807) is 6.07 Å². The Morgan fingerprint density at radius 1 is 1.22 bits per heavy atom. The number of amides is 1. The molecule has 0 heterocycles. The number of carbonyl (C=O) groups is 1. The van der Waals surface area contributed by atoms with Crippen LogP contribution in [0.2, 0.25) is 0 Å². The minimum atomic E-state index is -3.38. The van der Waals surface area contributed by atoms with E-state index in [0.717, 1.165) is 6.26 Å². The van der Waals surface area contributed by atoms with Gasteiger partial charge in [-0.15, -0.1) is 0 Å². The lowest BCUT2D eigenvalue weighted by molar-refractivity contribution is -0.120. The van der Waals surface area contributed by atoms with Crippen molar-refractivity contribution in [3.63, 3.8) is 0 Å². The topological polar surface area (TPSA) is 94.1 Å². The second kappa shape index (κ2) is 9.08. The molecule has 0 aliphatic rings. The van der Waals surface area contributed by atoms with Crippen LogP contribution in [0.5, 0.6) is 5.75 Å². The van der Waals surface area contributed by atoms with E-state index in [4.69, 9.17) is 4.84 Å². The normalized spacial score (nSPS) is 11.6. The minimum Gasteiger partial charge on any atom is -0.435 e. The Morgan fingerprint density at radius 3 is 2.56 bits per heavy atom. The van der Waals surface area contributed by atoms with Crippen LogP contribution in [-0.4, -0.2) is 40.0 Å². The molecule has 0 radical (unpaired) electrons. The fourth-order valence-electron chi connectivity index (χ4n) is 1.93. The average molecular weight is 398 g/mol. The van der Waals surface area contributed by atoms with Crippen molar-refractivity contribution < 1.29 is 31.6 Å². The fraction of sp³-hybridized carbons (Fsp3) is 0.176. The lowest BCUT2D eigenvalue weighted by atomic mass is 10.2. The summed E-state index contributed by atoms with van der Waals surface area (Å²) < 4.78 is 51.3. The van der Waals surface area contributed by atoms with Gasteiger partial charge in [0.25, 0.3) is 5.91 Å². The summed E-state index contributed by atoms with van der Waals surface area (Å²) in [5.74, 6) is -0.516. The summed E-state index contributed by atoms with van der Waals surface area (Å²) in [6, 6.07) is 11.5. The first-order chi connectivity index (χ1) is 12.7. The molecule has 2 aromatic rings. The third-order valence-corrected chi connectivity index (χ3v) is 4.23. The van der Waals surface area contributed by atoms with Gasteiger partial charge in [0.05, 0.1) is 11.1 Å². The molecule has 0 saturated carbocycles. The number of anilines is 1. The van der Waals surface area contributed by atoms with E-state index in [0.29, 0.717) is 11.3 Å². The van der Waals surface area contributed by atoms with Crippen LogP contribution in [-0.2, 0) is 19.5 Å². The van der Waals surface area contributed by atoms with Gasteiger partial charge in [0.2, 0.25) is 0 Å². The van der Waals surface area contributed by atoms with E-state index in [1.807, 2.05) is 0 Å². The summed E-state index contributed by atoms with van der Waals surface area (Å²) in [4.78, 5) is 16.7. The highest BCUT2D eigenvalue weighted by Crippen LogP contribution is 2.15. The lowest BCUT2D eigenvalue weighted by Crippen LogP contribution is -2.17. The van der Waals surface area contributed by atoms with Crippen LogP contribution in [0.3, 0.4) is 0 Å². The number of sulfone groups is 1. The molecular formula is C17H16F2N2O5S. The van der Waals surface area contributed by atoms with E-state index in [-0.39, 0.29) is 10.6 Å². The second-order valence-corrected chi connectivity index (χ2v) is 7.32. The van der Waals surface area contributed by atoms with Gasteiger partial charge in [0.1, 0.15) is 5.75 Å². The van der Waals surface area contributed by atoms with Crippen molar-refractivity contribution in [3.05, 3.63) is 54.1 Å². The van der Waals surface area contributed by atoms with Crippen molar-refractivity contribution >= 4 is 27.6 Å². The van der Waals surface area contributed by atoms with Crippen molar-refractivity contribution in [1.82, 2.24) is 0 Å². The molecule has 0 unspecified atom stereocenters. The van der Waals surface area contributed by atoms with Crippen molar-refractivity contribution in [1.29, 1.82) is 0 Å². The van der Waals surface area contributed by atoms with Crippen molar-refractivity contribution in [2.45, 2.75) is 11.5 Å². The molecule has 0 atom stereocenters. The van der Waals surface area contributed by atoms with Gasteiger partial charge < -0.3 is 14.9 Å². The highest BCUT2D eigenvalue weighted by atomic mass is 32.2. The summed E-state index contributed by atoms with van der Waals surface area (Å²) in [5.41, 5.74) is 0.864. The molecule has 144 valence electrons. The predicted molar refractivity (Wildman–Crippen MR) is 94.8 cm³/mol. The molecule has 2 rings (SSSR count). The number of hydrogen-bond donors (Lipinski definition) is 1.